The van der Waals surface area contributed by atoms with Gasteiger partial charge in [-0.2, -0.15) is 0 Å². The normalized spacial score (nSPS) is 16.7. The molecule has 3 heterocycles. The van der Waals surface area contributed by atoms with E-state index in [9.17, 15) is 4.79 Å². The minimum absolute atomic E-state index is 0.0197. The lowest BCUT2D eigenvalue weighted by molar-refractivity contribution is -0.125. The zero-order chi connectivity index (χ0) is 19.2. The van der Waals surface area contributed by atoms with Crippen LogP contribution in [0, 0.1) is 5.92 Å². The molecule has 144 valence electrons. The number of carbonyl (C=O) groups excluding carboxylic acids is 1. The second kappa shape index (κ2) is 8.93. The number of hydrogen-bond acceptors (Lipinski definition) is 6. The van der Waals surface area contributed by atoms with Crippen LogP contribution in [0.4, 0.5) is 5.95 Å². The number of amides is 1. The minimum Gasteiger partial charge on any atom is -0.355 e. The Morgan fingerprint density at radius 2 is 2.00 bits per heavy atom. The Morgan fingerprint density at radius 3 is 2.82 bits per heavy atom. The van der Waals surface area contributed by atoms with Gasteiger partial charge in [-0.1, -0.05) is 30.3 Å². The molecule has 1 saturated heterocycles. The highest BCUT2D eigenvalue weighted by Crippen LogP contribution is 2.22. The summed E-state index contributed by atoms with van der Waals surface area (Å²) in [5, 5.41) is 6.20. The zero-order valence-electron chi connectivity index (χ0n) is 15.6. The monoisotopic (exact) mass is 393 g/mol. The molecule has 0 spiro atoms. The predicted octanol–water partition coefficient (Wildman–Crippen LogP) is 3.18. The molecule has 6 nitrogen and oxygen atoms in total. The van der Waals surface area contributed by atoms with Gasteiger partial charge in [0.2, 0.25) is 11.9 Å². The van der Waals surface area contributed by atoms with Gasteiger partial charge >= 0.3 is 0 Å². The van der Waals surface area contributed by atoms with Crippen molar-refractivity contribution in [2.24, 2.45) is 5.92 Å². The van der Waals surface area contributed by atoms with Crippen molar-refractivity contribution in [2.45, 2.75) is 19.3 Å². The van der Waals surface area contributed by atoms with Crippen LogP contribution in [0.15, 0.2) is 54.2 Å². The predicted molar refractivity (Wildman–Crippen MR) is 111 cm³/mol. The Balaban J connectivity index is 1.27. The van der Waals surface area contributed by atoms with Crippen molar-refractivity contribution in [2.75, 3.05) is 24.5 Å². The summed E-state index contributed by atoms with van der Waals surface area (Å²) in [6, 6.07) is 12.0. The van der Waals surface area contributed by atoms with E-state index in [1.54, 1.807) is 29.8 Å². The van der Waals surface area contributed by atoms with Crippen molar-refractivity contribution in [3.05, 3.63) is 59.2 Å². The van der Waals surface area contributed by atoms with Crippen molar-refractivity contribution in [3.8, 4) is 11.3 Å². The fourth-order valence-electron chi connectivity index (χ4n) is 3.43. The van der Waals surface area contributed by atoms with E-state index < -0.39 is 0 Å². The topological polar surface area (TPSA) is 71.0 Å². The molecule has 1 amide bonds. The zero-order valence-corrected chi connectivity index (χ0v) is 16.4. The maximum Gasteiger partial charge on any atom is 0.225 e. The number of piperidine rings is 1. The lowest BCUT2D eigenvalue weighted by Gasteiger charge is -2.31. The molecular weight excluding hydrogens is 370 g/mol. The van der Waals surface area contributed by atoms with Crippen molar-refractivity contribution >= 4 is 23.2 Å². The first-order valence-corrected chi connectivity index (χ1v) is 10.5. The molecule has 2 aromatic heterocycles. The quantitative estimate of drug-likeness (QED) is 0.696. The molecule has 1 aliphatic heterocycles. The summed E-state index contributed by atoms with van der Waals surface area (Å²) < 4.78 is 0. The van der Waals surface area contributed by atoms with Crippen LogP contribution >= 0.6 is 11.3 Å². The third kappa shape index (κ3) is 4.54. The Hall–Kier alpha value is -2.80. The number of thiazole rings is 1. The average molecular weight is 394 g/mol. The van der Waals surface area contributed by atoms with Crippen LogP contribution in [0.2, 0.25) is 0 Å². The molecule has 0 aliphatic carbocycles. The van der Waals surface area contributed by atoms with E-state index >= 15 is 0 Å². The van der Waals surface area contributed by atoms with Gasteiger partial charge in [0.05, 0.1) is 16.6 Å². The molecule has 0 bridgehead atoms. The summed E-state index contributed by atoms with van der Waals surface area (Å²) in [6.07, 6.45) is 6.11. The molecule has 1 aliphatic rings. The van der Waals surface area contributed by atoms with Gasteiger partial charge in [0.25, 0.3) is 0 Å². The molecule has 1 fully saturated rings. The lowest BCUT2D eigenvalue weighted by atomic mass is 9.97. The third-order valence-electron chi connectivity index (χ3n) is 4.89. The van der Waals surface area contributed by atoms with Crippen molar-refractivity contribution in [1.82, 2.24) is 20.3 Å². The van der Waals surface area contributed by atoms with E-state index in [2.05, 4.69) is 42.7 Å². The second-order valence-corrected chi connectivity index (χ2v) is 7.81. The lowest BCUT2D eigenvalue weighted by Crippen LogP contribution is -2.44. The molecule has 3 aromatic rings. The van der Waals surface area contributed by atoms with E-state index in [1.807, 2.05) is 18.2 Å². The molecular formula is C21H23N5OS. The molecule has 1 atom stereocenters. The molecule has 28 heavy (non-hydrogen) atoms. The first-order valence-electron chi connectivity index (χ1n) is 9.59. The number of benzene rings is 1. The highest BCUT2D eigenvalue weighted by atomic mass is 32.1. The molecule has 7 heteroatoms. The van der Waals surface area contributed by atoms with Gasteiger partial charge in [0, 0.05) is 49.4 Å². The Bertz CT molecular complexity index is 899. The number of anilines is 1. The maximum atomic E-state index is 12.6. The number of aromatic nitrogens is 3. The van der Waals surface area contributed by atoms with Gasteiger partial charge in [-0.3, -0.25) is 4.79 Å². The van der Waals surface area contributed by atoms with E-state index in [4.69, 9.17) is 0 Å². The molecule has 1 aromatic carbocycles. The summed E-state index contributed by atoms with van der Waals surface area (Å²) in [5.74, 6) is 0.797. The Morgan fingerprint density at radius 1 is 1.18 bits per heavy atom. The first-order chi connectivity index (χ1) is 13.8. The summed E-state index contributed by atoms with van der Waals surface area (Å²) in [5.41, 5.74) is 2.12. The Kier molecular flexibility index (Phi) is 5.92. The Labute approximate surface area is 168 Å². The standard InChI is InChI=1S/C21H23N5OS/c27-20(17-8-4-13-26(14-17)21-23-10-5-11-24-21)22-12-9-19-25-18(15-28-19)16-6-2-1-3-7-16/h1-3,5-7,10-11,15,17H,4,8-9,12-14H2,(H,22,27)/t17-/m1/s1. The van der Waals surface area contributed by atoms with Gasteiger partial charge in [-0.05, 0) is 18.9 Å². The van der Waals surface area contributed by atoms with E-state index in [-0.39, 0.29) is 11.8 Å². The smallest absolute Gasteiger partial charge is 0.225 e. The van der Waals surface area contributed by atoms with Crippen molar-refractivity contribution in [3.63, 3.8) is 0 Å². The van der Waals surface area contributed by atoms with Crippen LogP contribution in [0.25, 0.3) is 11.3 Å². The summed E-state index contributed by atoms with van der Waals surface area (Å²) in [7, 11) is 0. The van der Waals surface area contributed by atoms with E-state index in [0.29, 0.717) is 19.0 Å². The van der Waals surface area contributed by atoms with Gasteiger partial charge in [0.15, 0.2) is 0 Å². The molecule has 0 saturated carbocycles. The second-order valence-electron chi connectivity index (χ2n) is 6.87. The van der Waals surface area contributed by atoms with Crippen LogP contribution in [0.5, 0.6) is 0 Å². The average Bonchev–Trinajstić information content (AvgIpc) is 3.24. The number of carbonyl (C=O) groups is 1. The highest BCUT2D eigenvalue weighted by molar-refractivity contribution is 7.09. The van der Waals surface area contributed by atoms with Gasteiger partial charge < -0.3 is 10.2 Å². The summed E-state index contributed by atoms with van der Waals surface area (Å²) in [6.45, 7) is 2.18. The molecule has 4 rings (SSSR count). The van der Waals surface area contributed by atoms with E-state index in [1.165, 1.54) is 0 Å². The maximum absolute atomic E-state index is 12.6. The SMILES string of the molecule is O=C(NCCc1nc(-c2ccccc2)cs1)[C@@H]1CCCN(c2ncccn2)C1. The summed E-state index contributed by atoms with van der Waals surface area (Å²) in [4.78, 5) is 28.0. The highest BCUT2D eigenvalue weighted by Gasteiger charge is 2.26. The number of nitrogens with zero attached hydrogens (tertiary/aromatic N) is 4. The largest absolute Gasteiger partial charge is 0.355 e. The number of nitrogens with one attached hydrogen (secondary N) is 1. The van der Waals surface area contributed by atoms with Crippen LogP contribution in [-0.2, 0) is 11.2 Å². The van der Waals surface area contributed by atoms with Crippen LogP contribution < -0.4 is 10.2 Å². The minimum atomic E-state index is -0.0197. The van der Waals surface area contributed by atoms with Crippen molar-refractivity contribution < 1.29 is 4.79 Å². The number of hydrogen-bond donors (Lipinski definition) is 1. The van der Waals surface area contributed by atoms with Gasteiger partial charge in [0.1, 0.15) is 0 Å². The molecule has 0 unspecified atom stereocenters. The third-order valence-corrected chi connectivity index (χ3v) is 5.80. The van der Waals surface area contributed by atoms with Crippen LogP contribution in [0.3, 0.4) is 0 Å². The fraction of sp³-hybridized carbons (Fsp3) is 0.333. The first kappa shape index (κ1) is 18.6. The van der Waals surface area contributed by atoms with Gasteiger partial charge in [-0.25, -0.2) is 15.0 Å². The van der Waals surface area contributed by atoms with Crippen molar-refractivity contribution in [1.29, 1.82) is 0 Å². The number of rotatable bonds is 6. The summed E-state index contributed by atoms with van der Waals surface area (Å²) >= 11 is 1.64. The molecule has 0 radical (unpaired) electrons. The van der Waals surface area contributed by atoms with Crippen LogP contribution in [0.1, 0.15) is 17.8 Å². The fourth-order valence-corrected chi connectivity index (χ4v) is 4.24. The molecule has 1 N–H and O–H groups in total. The van der Waals surface area contributed by atoms with E-state index in [0.717, 1.165) is 42.1 Å². The van der Waals surface area contributed by atoms with Gasteiger partial charge in [-0.15, -0.1) is 11.3 Å². The van der Waals surface area contributed by atoms with Crippen LogP contribution in [-0.4, -0.2) is 40.5 Å².